The van der Waals surface area contributed by atoms with Gasteiger partial charge in [0, 0.05) is 19.5 Å². The van der Waals surface area contributed by atoms with E-state index in [1.54, 1.807) is 0 Å². The number of hydrogen-bond donors (Lipinski definition) is 1. The van der Waals surface area contributed by atoms with Crippen molar-refractivity contribution < 1.29 is 4.52 Å². The summed E-state index contributed by atoms with van der Waals surface area (Å²) in [6.07, 6.45) is 3.51. The van der Waals surface area contributed by atoms with Crippen LogP contribution in [0.4, 0.5) is 0 Å². The molecule has 1 aromatic rings. The van der Waals surface area contributed by atoms with Crippen LogP contribution in [0.1, 0.15) is 38.4 Å². The van der Waals surface area contributed by atoms with Crippen LogP contribution in [0.3, 0.4) is 0 Å². The van der Waals surface area contributed by atoms with Gasteiger partial charge in [-0.15, -0.1) is 0 Å². The monoisotopic (exact) mass is 264 g/mol. The van der Waals surface area contributed by atoms with Crippen LogP contribution in [0.2, 0.25) is 0 Å². The number of rotatable bonds is 4. The summed E-state index contributed by atoms with van der Waals surface area (Å²) in [5, 5.41) is 7.55. The molecule has 2 aliphatic rings. The largest absolute Gasteiger partial charge is 0.338 e. The van der Waals surface area contributed by atoms with Crippen LogP contribution >= 0.6 is 0 Å². The molecular weight excluding hydrogens is 240 g/mol. The van der Waals surface area contributed by atoms with Crippen LogP contribution in [0.25, 0.3) is 0 Å². The van der Waals surface area contributed by atoms with Gasteiger partial charge in [-0.2, -0.15) is 4.98 Å². The third-order valence-electron chi connectivity index (χ3n) is 4.31. The van der Waals surface area contributed by atoms with Gasteiger partial charge in [0.15, 0.2) is 5.82 Å². The summed E-state index contributed by atoms with van der Waals surface area (Å²) in [6.45, 7) is 9.83. The van der Waals surface area contributed by atoms with Gasteiger partial charge in [0.1, 0.15) is 0 Å². The first-order valence-corrected chi connectivity index (χ1v) is 7.40. The van der Waals surface area contributed by atoms with Gasteiger partial charge in [0.25, 0.3) is 0 Å². The van der Waals surface area contributed by atoms with E-state index < -0.39 is 0 Å². The molecule has 1 atom stereocenters. The van der Waals surface area contributed by atoms with Gasteiger partial charge >= 0.3 is 0 Å². The molecule has 0 amide bonds. The van der Waals surface area contributed by atoms with Gasteiger partial charge in [-0.1, -0.05) is 19.0 Å². The zero-order valence-corrected chi connectivity index (χ0v) is 12.0. The third kappa shape index (κ3) is 2.98. The van der Waals surface area contributed by atoms with Gasteiger partial charge in [0.2, 0.25) is 5.89 Å². The lowest BCUT2D eigenvalue weighted by Gasteiger charge is -2.21. The molecule has 5 nitrogen and oxygen atoms in total. The number of nitrogens with one attached hydrogen (secondary N) is 1. The average Bonchev–Trinajstić information content (AvgIpc) is 3.04. The molecule has 0 bridgehead atoms. The minimum absolute atomic E-state index is 0.515. The van der Waals surface area contributed by atoms with E-state index in [-0.39, 0.29) is 0 Å². The normalized spacial score (nSPS) is 27.9. The summed E-state index contributed by atoms with van der Waals surface area (Å²) in [5.41, 5.74) is 0.515. The number of hydrogen-bond acceptors (Lipinski definition) is 5. The molecule has 106 valence electrons. The van der Waals surface area contributed by atoms with E-state index in [1.165, 1.54) is 32.5 Å². The molecule has 3 rings (SSSR count). The molecule has 1 spiro atoms. The molecule has 19 heavy (non-hydrogen) atoms. The minimum Gasteiger partial charge on any atom is -0.338 e. The maximum Gasteiger partial charge on any atom is 0.240 e. The summed E-state index contributed by atoms with van der Waals surface area (Å²) >= 11 is 0. The van der Waals surface area contributed by atoms with E-state index in [2.05, 4.69) is 34.2 Å². The predicted molar refractivity (Wildman–Crippen MR) is 72.7 cm³/mol. The Bertz CT molecular complexity index is 423. The van der Waals surface area contributed by atoms with Gasteiger partial charge < -0.3 is 9.84 Å². The molecule has 2 saturated heterocycles. The van der Waals surface area contributed by atoms with Crippen LogP contribution < -0.4 is 5.32 Å². The molecule has 1 N–H and O–H groups in total. The summed E-state index contributed by atoms with van der Waals surface area (Å²) in [4.78, 5) is 6.95. The van der Waals surface area contributed by atoms with E-state index in [9.17, 15) is 0 Å². The SMILES string of the molecule is CC(C)Cc1noc(CN2CCC3(CCNC3)C2)n1. The maximum atomic E-state index is 5.36. The highest BCUT2D eigenvalue weighted by Gasteiger charge is 2.40. The third-order valence-corrected chi connectivity index (χ3v) is 4.31. The van der Waals surface area contributed by atoms with Crippen LogP contribution in [-0.4, -0.2) is 41.2 Å². The standard InChI is InChI=1S/C14H24N4O/c1-11(2)7-12-16-13(19-17-12)8-18-6-4-14(10-18)3-5-15-9-14/h11,15H,3-10H2,1-2H3. The summed E-state index contributed by atoms with van der Waals surface area (Å²) < 4.78 is 5.36. The zero-order valence-electron chi connectivity index (χ0n) is 12.0. The van der Waals surface area contributed by atoms with Crippen LogP contribution in [0.15, 0.2) is 4.52 Å². The van der Waals surface area contributed by atoms with Crippen molar-refractivity contribution in [3.05, 3.63) is 11.7 Å². The minimum atomic E-state index is 0.515. The topological polar surface area (TPSA) is 54.2 Å². The van der Waals surface area contributed by atoms with Crippen molar-refractivity contribution in [1.82, 2.24) is 20.4 Å². The molecule has 0 radical (unpaired) electrons. The highest BCUT2D eigenvalue weighted by atomic mass is 16.5. The summed E-state index contributed by atoms with van der Waals surface area (Å²) in [5.74, 6) is 2.20. The fraction of sp³-hybridized carbons (Fsp3) is 0.857. The van der Waals surface area contributed by atoms with Crippen molar-refractivity contribution in [2.24, 2.45) is 11.3 Å². The summed E-state index contributed by atoms with van der Waals surface area (Å²) in [7, 11) is 0. The number of aromatic nitrogens is 2. The second-order valence-electron chi connectivity index (χ2n) is 6.59. The van der Waals surface area contributed by atoms with E-state index >= 15 is 0 Å². The van der Waals surface area contributed by atoms with Crippen molar-refractivity contribution in [3.63, 3.8) is 0 Å². The van der Waals surface area contributed by atoms with E-state index in [4.69, 9.17) is 4.52 Å². The van der Waals surface area contributed by atoms with Crippen molar-refractivity contribution in [2.45, 2.75) is 39.7 Å². The van der Waals surface area contributed by atoms with E-state index in [1.807, 2.05) is 0 Å². The van der Waals surface area contributed by atoms with Crippen LogP contribution in [0.5, 0.6) is 0 Å². The van der Waals surface area contributed by atoms with Crippen molar-refractivity contribution in [1.29, 1.82) is 0 Å². The Kier molecular flexibility index (Phi) is 3.58. The van der Waals surface area contributed by atoms with Gasteiger partial charge in [0.05, 0.1) is 6.54 Å². The van der Waals surface area contributed by atoms with Gasteiger partial charge in [-0.25, -0.2) is 0 Å². The molecule has 2 aliphatic heterocycles. The first-order chi connectivity index (χ1) is 9.15. The van der Waals surface area contributed by atoms with E-state index in [0.29, 0.717) is 11.3 Å². The second kappa shape index (κ2) is 5.21. The number of likely N-dealkylation sites (tertiary alicyclic amines) is 1. The Balaban J connectivity index is 1.55. The molecule has 5 heteroatoms. The fourth-order valence-electron chi connectivity index (χ4n) is 3.30. The molecule has 0 aromatic carbocycles. The van der Waals surface area contributed by atoms with Crippen molar-refractivity contribution >= 4 is 0 Å². The van der Waals surface area contributed by atoms with Crippen LogP contribution in [-0.2, 0) is 13.0 Å². The average molecular weight is 264 g/mol. The molecular formula is C14H24N4O. The summed E-state index contributed by atoms with van der Waals surface area (Å²) in [6, 6.07) is 0. The van der Waals surface area contributed by atoms with E-state index in [0.717, 1.165) is 31.2 Å². The Morgan fingerprint density at radius 1 is 1.42 bits per heavy atom. The zero-order chi connectivity index (χ0) is 13.3. The molecule has 1 unspecified atom stereocenters. The lowest BCUT2D eigenvalue weighted by Crippen LogP contribution is -2.29. The smallest absolute Gasteiger partial charge is 0.240 e. The van der Waals surface area contributed by atoms with Crippen molar-refractivity contribution in [3.8, 4) is 0 Å². The Hall–Kier alpha value is -0.940. The number of nitrogens with zero attached hydrogens (tertiary/aromatic N) is 3. The van der Waals surface area contributed by atoms with Gasteiger partial charge in [-0.3, -0.25) is 4.90 Å². The first kappa shape index (κ1) is 13.1. The lowest BCUT2D eigenvalue weighted by molar-refractivity contribution is 0.235. The first-order valence-electron chi connectivity index (χ1n) is 7.40. The molecule has 2 fully saturated rings. The molecule has 3 heterocycles. The molecule has 0 saturated carbocycles. The second-order valence-corrected chi connectivity index (χ2v) is 6.59. The molecule has 0 aliphatic carbocycles. The quantitative estimate of drug-likeness (QED) is 0.892. The Morgan fingerprint density at radius 3 is 3.05 bits per heavy atom. The van der Waals surface area contributed by atoms with Gasteiger partial charge in [-0.05, 0) is 37.3 Å². The Labute approximate surface area is 114 Å². The predicted octanol–water partition coefficient (Wildman–Crippen LogP) is 1.45. The van der Waals surface area contributed by atoms with Crippen molar-refractivity contribution in [2.75, 3.05) is 26.2 Å². The lowest BCUT2D eigenvalue weighted by atomic mass is 9.87. The highest BCUT2D eigenvalue weighted by molar-refractivity contribution is 4.97. The Morgan fingerprint density at radius 2 is 2.32 bits per heavy atom. The molecule has 1 aromatic heterocycles. The fourth-order valence-corrected chi connectivity index (χ4v) is 3.30. The van der Waals surface area contributed by atoms with Crippen LogP contribution in [0, 0.1) is 11.3 Å². The highest BCUT2D eigenvalue weighted by Crippen LogP contribution is 2.36. The maximum absolute atomic E-state index is 5.36.